The summed E-state index contributed by atoms with van der Waals surface area (Å²) in [5, 5.41) is 3.13. The number of benzene rings is 2. The molecule has 0 saturated carbocycles. The predicted octanol–water partition coefficient (Wildman–Crippen LogP) is 3.45. The quantitative estimate of drug-likeness (QED) is 0.654. The van der Waals surface area contributed by atoms with Gasteiger partial charge in [-0.25, -0.2) is 4.98 Å². The fourth-order valence-corrected chi connectivity index (χ4v) is 2.84. The van der Waals surface area contributed by atoms with E-state index in [2.05, 4.69) is 15.3 Å². The standard InChI is InChI=1S/C21H23N3O2/c1-2-26-18-10-8-16(9-11-18)14-21(25)24-19(15-20-22-12-13-23-20)17-6-4-3-5-7-17/h3-13,19H,2,14-15H2,1H3,(H,22,23)(H,24,25). The molecule has 5 nitrogen and oxygen atoms in total. The molecule has 5 heteroatoms. The fraction of sp³-hybridized carbons (Fsp3) is 0.238. The molecule has 1 amide bonds. The highest BCUT2D eigenvalue weighted by atomic mass is 16.5. The van der Waals surface area contributed by atoms with Gasteiger partial charge < -0.3 is 15.0 Å². The summed E-state index contributed by atoms with van der Waals surface area (Å²) in [5.74, 6) is 1.64. The van der Waals surface area contributed by atoms with Crippen molar-refractivity contribution in [1.29, 1.82) is 0 Å². The van der Waals surface area contributed by atoms with E-state index in [4.69, 9.17) is 4.74 Å². The second-order valence-electron chi connectivity index (χ2n) is 6.02. The molecule has 0 aliphatic heterocycles. The van der Waals surface area contributed by atoms with Gasteiger partial charge in [-0.3, -0.25) is 4.79 Å². The lowest BCUT2D eigenvalue weighted by Crippen LogP contribution is -2.31. The number of carbonyl (C=O) groups is 1. The number of hydrogen-bond acceptors (Lipinski definition) is 3. The van der Waals surface area contributed by atoms with Crippen LogP contribution in [0.3, 0.4) is 0 Å². The van der Waals surface area contributed by atoms with Crippen molar-refractivity contribution in [1.82, 2.24) is 15.3 Å². The van der Waals surface area contributed by atoms with Crippen LogP contribution in [-0.2, 0) is 17.6 Å². The van der Waals surface area contributed by atoms with Gasteiger partial charge >= 0.3 is 0 Å². The van der Waals surface area contributed by atoms with Crippen molar-refractivity contribution in [2.75, 3.05) is 6.61 Å². The van der Waals surface area contributed by atoms with Crippen LogP contribution in [0.2, 0.25) is 0 Å². The zero-order valence-corrected chi connectivity index (χ0v) is 14.8. The number of imidazole rings is 1. The Balaban J connectivity index is 1.66. The van der Waals surface area contributed by atoms with Crippen LogP contribution in [0.25, 0.3) is 0 Å². The van der Waals surface area contributed by atoms with E-state index < -0.39 is 0 Å². The maximum absolute atomic E-state index is 12.6. The van der Waals surface area contributed by atoms with Crippen LogP contribution in [0.1, 0.15) is 29.9 Å². The summed E-state index contributed by atoms with van der Waals surface area (Å²) in [6.45, 7) is 2.58. The van der Waals surface area contributed by atoms with Crippen LogP contribution in [0.4, 0.5) is 0 Å². The predicted molar refractivity (Wildman–Crippen MR) is 101 cm³/mol. The highest BCUT2D eigenvalue weighted by molar-refractivity contribution is 5.79. The Hall–Kier alpha value is -3.08. The largest absolute Gasteiger partial charge is 0.494 e. The minimum atomic E-state index is -0.127. The van der Waals surface area contributed by atoms with E-state index >= 15 is 0 Å². The fourth-order valence-electron chi connectivity index (χ4n) is 2.84. The van der Waals surface area contributed by atoms with E-state index in [1.54, 1.807) is 12.4 Å². The van der Waals surface area contributed by atoms with Gasteiger partial charge in [0.15, 0.2) is 0 Å². The Labute approximate surface area is 153 Å². The number of amides is 1. The highest BCUT2D eigenvalue weighted by Gasteiger charge is 2.16. The number of aromatic nitrogens is 2. The molecule has 3 rings (SSSR count). The van der Waals surface area contributed by atoms with Crippen molar-refractivity contribution in [2.24, 2.45) is 0 Å². The second kappa shape index (κ2) is 8.85. The molecule has 3 aromatic rings. The summed E-state index contributed by atoms with van der Waals surface area (Å²) < 4.78 is 5.44. The topological polar surface area (TPSA) is 67.0 Å². The highest BCUT2D eigenvalue weighted by Crippen LogP contribution is 2.18. The summed E-state index contributed by atoms with van der Waals surface area (Å²) in [7, 11) is 0. The molecule has 1 atom stereocenters. The minimum absolute atomic E-state index is 0.0189. The van der Waals surface area contributed by atoms with E-state index in [9.17, 15) is 4.79 Å². The van der Waals surface area contributed by atoms with Gasteiger partial charge in [-0.2, -0.15) is 0 Å². The molecule has 0 bridgehead atoms. The maximum Gasteiger partial charge on any atom is 0.224 e. The van der Waals surface area contributed by atoms with Crippen molar-refractivity contribution < 1.29 is 9.53 Å². The first-order valence-corrected chi connectivity index (χ1v) is 8.79. The van der Waals surface area contributed by atoms with Crippen LogP contribution in [-0.4, -0.2) is 22.5 Å². The SMILES string of the molecule is CCOc1ccc(CC(=O)NC(Cc2ncc[nH]2)c2ccccc2)cc1. The van der Waals surface area contributed by atoms with E-state index in [1.807, 2.05) is 61.5 Å². The van der Waals surface area contributed by atoms with Gasteiger partial charge in [0.2, 0.25) is 5.91 Å². The van der Waals surface area contributed by atoms with Gasteiger partial charge in [0.05, 0.1) is 19.1 Å². The first-order chi connectivity index (χ1) is 12.7. The Bertz CT molecular complexity index is 799. The Morgan fingerprint density at radius 1 is 1.15 bits per heavy atom. The molecule has 2 aromatic carbocycles. The lowest BCUT2D eigenvalue weighted by molar-refractivity contribution is -0.121. The zero-order valence-electron chi connectivity index (χ0n) is 14.8. The molecule has 134 valence electrons. The van der Waals surface area contributed by atoms with Crippen molar-refractivity contribution in [2.45, 2.75) is 25.8 Å². The number of nitrogens with one attached hydrogen (secondary N) is 2. The first-order valence-electron chi connectivity index (χ1n) is 8.79. The van der Waals surface area contributed by atoms with Crippen LogP contribution >= 0.6 is 0 Å². The number of rotatable bonds is 8. The third-order valence-electron chi connectivity index (χ3n) is 4.09. The monoisotopic (exact) mass is 349 g/mol. The van der Waals surface area contributed by atoms with Crippen molar-refractivity contribution in [3.63, 3.8) is 0 Å². The van der Waals surface area contributed by atoms with Gasteiger partial charge in [-0.1, -0.05) is 42.5 Å². The van der Waals surface area contributed by atoms with Crippen LogP contribution < -0.4 is 10.1 Å². The van der Waals surface area contributed by atoms with Crippen molar-refractivity contribution in [3.05, 3.63) is 83.9 Å². The normalized spacial score (nSPS) is 11.7. The summed E-state index contributed by atoms with van der Waals surface area (Å²) >= 11 is 0. The number of aromatic amines is 1. The molecule has 0 spiro atoms. The number of hydrogen-bond donors (Lipinski definition) is 2. The van der Waals surface area contributed by atoms with Gasteiger partial charge in [0.25, 0.3) is 0 Å². The molecule has 26 heavy (non-hydrogen) atoms. The summed E-state index contributed by atoms with van der Waals surface area (Å²) in [6.07, 6.45) is 4.46. The lowest BCUT2D eigenvalue weighted by Gasteiger charge is -2.18. The number of nitrogens with zero attached hydrogens (tertiary/aromatic N) is 1. The second-order valence-corrected chi connectivity index (χ2v) is 6.02. The van der Waals surface area contributed by atoms with E-state index in [0.717, 1.165) is 22.7 Å². The Morgan fingerprint density at radius 2 is 1.92 bits per heavy atom. The van der Waals surface area contributed by atoms with E-state index in [-0.39, 0.29) is 11.9 Å². The van der Waals surface area contributed by atoms with Crippen LogP contribution in [0.15, 0.2) is 67.0 Å². The average molecular weight is 349 g/mol. The molecule has 0 saturated heterocycles. The van der Waals surface area contributed by atoms with Crippen molar-refractivity contribution >= 4 is 5.91 Å². The van der Waals surface area contributed by atoms with Gasteiger partial charge in [-0.05, 0) is 30.2 Å². The molecule has 1 unspecified atom stereocenters. The molecule has 2 N–H and O–H groups in total. The minimum Gasteiger partial charge on any atom is -0.494 e. The van der Waals surface area contributed by atoms with Gasteiger partial charge in [0, 0.05) is 18.8 Å². The first kappa shape index (κ1) is 17.7. The average Bonchev–Trinajstić information content (AvgIpc) is 3.17. The van der Waals surface area contributed by atoms with Crippen LogP contribution in [0, 0.1) is 0 Å². The Kier molecular flexibility index (Phi) is 6.04. The van der Waals surface area contributed by atoms with E-state index in [1.165, 1.54) is 0 Å². The maximum atomic E-state index is 12.6. The lowest BCUT2D eigenvalue weighted by atomic mass is 10.0. The van der Waals surface area contributed by atoms with E-state index in [0.29, 0.717) is 19.4 Å². The third kappa shape index (κ3) is 4.96. The van der Waals surface area contributed by atoms with Gasteiger partial charge in [0.1, 0.15) is 11.6 Å². The molecule has 0 aliphatic carbocycles. The molecule has 1 heterocycles. The summed E-state index contributed by atoms with van der Waals surface area (Å²) in [4.78, 5) is 19.9. The molecule has 0 fully saturated rings. The summed E-state index contributed by atoms with van der Waals surface area (Å²) in [5.41, 5.74) is 2.01. The molecule has 1 aromatic heterocycles. The van der Waals surface area contributed by atoms with Crippen LogP contribution in [0.5, 0.6) is 5.75 Å². The Morgan fingerprint density at radius 3 is 2.58 bits per heavy atom. The number of ether oxygens (including phenoxy) is 1. The molecular weight excluding hydrogens is 326 g/mol. The van der Waals surface area contributed by atoms with Crippen molar-refractivity contribution in [3.8, 4) is 5.75 Å². The van der Waals surface area contributed by atoms with Gasteiger partial charge in [-0.15, -0.1) is 0 Å². The smallest absolute Gasteiger partial charge is 0.224 e. The summed E-state index contributed by atoms with van der Waals surface area (Å²) in [6, 6.07) is 17.5. The molecule has 0 radical (unpaired) electrons. The third-order valence-corrected chi connectivity index (χ3v) is 4.09. The molecule has 0 aliphatic rings. The zero-order chi connectivity index (χ0) is 18.2. The number of carbonyl (C=O) groups excluding carboxylic acids is 1. The molecular formula is C21H23N3O2. The number of H-pyrrole nitrogens is 1.